The highest BCUT2D eigenvalue weighted by molar-refractivity contribution is 5.30. The third-order valence-corrected chi connectivity index (χ3v) is 2.94. The molecule has 0 spiro atoms. The molecule has 1 heterocycles. The van der Waals surface area contributed by atoms with Gasteiger partial charge in [-0.15, -0.1) is 0 Å². The van der Waals surface area contributed by atoms with E-state index in [1.54, 1.807) is 17.0 Å². The van der Waals surface area contributed by atoms with Crippen LogP contribution < -0.4 is 10.9 Å². The molecule has 0 fully saturated rings. The van der Waals surface area contributed by atoms with Gasteiger partial charge in [-0.2, -0.15) is 0 Å². The van der Waals surface area contributed by atoms with E-state index in [9.17, 15) is 4.79 Å². The smallest absolute Gasteiger partial charge is 0.293 e. The molecular formula is C14H25N3O2. The van der Waals surface area contributed by atoms with Crippen molar-refractivity contribution in [1.82, 2.24) is 9.55 Å². The van der Waals surface area contributed by atoms with Gasteiger partial charge in [0.15, 0.2) is 5.82 Å². The first-order chi connectivity index (χ1) is 8.96. The van der Waals surface area contributed by atoms with Gasteiger partial charge in [0.25, 0.3) is 5.56 Å². The number of aliphatic hydroxyl groups is 1. The van der Waals surface area contributed by atoms with Crippen LogP contribution >= 0.6 is 0 Å². The summed E-state index contributed by atoms with van der Waals surface area (Å²) >= 11 is 0. The van der Waals surface area contributed by atoms with Crippen LogP contribution in [0.25, 0.3) is 0 Å². The topological polar surface area (TPSA) is 67.2 Å². The molecule has 0 radical (unpaired) electrons. The molecule has 5 heteroatoms. The van der Waals surface area contributed by atoms with Crippen LogP contribution in [0.1, 0.15) is 46.5 Å². The average molecular weight is 267 g/mol. The summed E-state index contributed by atoms with van der Waals surface area (Å²) in [7, 11) is 0. The molecule has 2 N–H and O–H groups in total. The fraction of sp³-hybridized carbons (Fsp3) is 0.714. The standard InChI is InChI=1S/C14H25N3O2/c1-14(2,3)17-10-9-16-12(13(17)19)15-8-6-4-5-7-11-18/h9-10,18H,4-8,11H2,1-3H3,(H,15,16). The Morgan fingerprint density at radius 2 is 1.95 bits per heavy atom. The van der Waals surface area contributed by atoms with E-state index in [0.29, 0.717) is 5.82 Å². The first-order valence-electron chi connectivity index (χ1n) is 6.89. The largest absolute Gasteiger partial charge is 0.396 e. The lowest BCUT2D eigenvalue weighted by atomic mass is 10.1. The molecule has 0 bridgehead atoms. The van der Waals surface area contributed by atoms with Crippen LogP contribution in [0.15, 0.2) is 17.2 Å². The van der Waals surface area contributed by atoms with Gasteiger partial charge in [-0.05, 0) is 33.6 Å². The summed E-state index contributed by atoms with van der Waals surface area (Å²) in [5, 5.41) is 11.8. The normalized spacial score (nSPS) is 11.6. The lowest BCUT2D eigenvalue weighted by molar-refractivity contribution is 0.283. The van der Waals surface area contributed by atoms with E-state index in [-0.39, 0.29) is 17.7 Å². The van der Waals surface area contributed by atoms with E-state index < -0.39 is 0 Å². The van der Waals surface area contributed by atoms with Crippen molar-refractivity contribution in [3.8, 4) is 0 Å². The Labute approximate surface area is 114 Å². The van der Waals surface area contributed by atoms with E-state index in [0.717, 1.165) is 32.2 Å². The highest BCUT2D eigenvalue weighted by Gasteiger charge is 2.16. The molecule has 1 rings (SSSR count). The maximum absolute atomic E-state index is 12.2. The minimum atomic E-state index is -0.239. The number of aromatic nitrogens is 2. The highest BCUT2D eigenvalue weighted by atomic mass is 16.2. The van der Waals surface area contributed by atoms with Crippen molar-refractivity contribution in [3.63, 3.8) is 0 Å². The molecule has 0 saturated carbocycles. The average Bonchev–Trinajstić information content (AvgIpc) is 2.34. The van der Waals surface area contributed by atoms with Gasteiger partial charge in [-0.1, -0.05) is 12.8 Å². The van der Waals surface area contributed by atoms with Crippen molar-refractivity contribution in [1.29, 1.82) is 0 Å². The summed E-state index contributed by atoms with van der Waals surface area (Å²) < 4.78 is 1.69. The summed E-state index contributed by atoms with van der Waals surface area (Å²) in [5.74, 6) is 0.416. The number of anilines is 1. The lowest BCUT2D eigenvalue weighted by Gasteiger charge is -2.22. The zero-order valence-corrected chi connectivity index (χ0v) is 12.1. The van der Waals surface area contributed by atoms with Gasteiger partial charge in [-0.25, -0.2) is 4.98 Å². The first-order valence-corrected chi connectivity index (χ1v) is 6.89. The molecule has 0 atom stereocenters. The van der Waals surface area contributed by atoms with Gasteiger partial charge in [-0.3, -0.25) is 4.79 Å². The summed E-state index contributed by atoms with van der Waals surface area (Å²) in [6.07, 6.45) is 7.27. The van der Waals surface area contributed by atoms with E-state index in [1.165, 1.54) is 0 Å². The Balaban J connectivity index is 2.53. The van der Waals surface area contributed by atoms with Crippen molar-refractivity contribution < 1.29 is 5.11 Å². The molecule has 0 aromatic carbocycles. The molecule has 19 heavy (non-hydrogen) atoms. The summed E-state index contributed by atoms with van der Waals surface area (Å²) in [6, 6.07) is 0. The molecule has 1 aromatic heterocycles. The third kappa shape index (κ3) is 5.03. The second kappa shape index (κ2) is 7.28. The van der Waals surface area contributed by atoms with E-state index >= 15 is 0 Å². The second-order valence-electron chi connectivity index (χ2n) is 5.69. The minimum Gasteiger partial charge on any atom is -0.396 e. The van der Waals surface area contributed by atoms with Crippen LogP contribution in [0.2, 0.25) is 0 Å². The van der Waals surface area contributed by atoms with Crippen LogP contribution in [0.4, 0.5) is 5.82 Å². The number of aliphatic hydroxyl groups excluding tert-OH is 1. The molecule has 1 aromatic rings. The quantitative estimate of drug-likeness (QED) is 0.741. The minimum absolute atomic E-state index is 0.0784. The van der Waals surface area contributed by atoms with Crippen molar-refractivity contribution in [2.45, 2.75) is 52.0 Å². The maximum Gasteiger partial charge on any atom is 0.293 e. The molecule has 5 nitrogen and oxygen atoms in total. The van der Waals surface area contributed by atoms with E-state index in [2.05, 4.69) is 10.3 Å². The number of rotatable bonds is 7. The number of hydrogen-bond donors (Lipinski definition) is 2. The van der Waals surface area contributed by atoms with Crippen LogP contribution in [0, 0.1) is 0 Å². The molecule has 0 aliphatic heterocycles. The van der Waals surface area contributed by atoms with Gasteiger partial charge >= 0.3 is 0 Å². The SMILES string of the molecule is CC(C)(C)n1ccnc(NCCCCCCO)c1=O. The zero-order valence-electron chi connectivity index (χ0n) is 12.1. The Kier molecular flexibility index (Phi) is 6.02. The van der Waals surface area contributed by atoms with Crippen LogP contribution in [0.3, 0.4) is 0 Å². The van der Waals surface area contributed by atoms with E-state index in [1.807, 2.05) is 20.8 Å². The maximum atomic E-state index is 12.2. The van der Waals surface area contributed by atoms with Crippen LogP contribution in [-0.4, -0.2) is 27.8 Å². The Morgan fingerprint density at radius 3 is 2.58 bits per heavy atom. The second-order valence-corrected chi connectivity index (χ2v) is 5.69. The monoisotopic (exact) mass is 267 g/mol. The first kappa shape index (κ1) is 15.7. The van der Waals surface area contributed by atoms with Crippen molar-refractivity contribution in [3.05, 3.63) is 22.7 Å². The Bertz CT molecular complexity index is 435. The summed E-state index contributed by atoms with van der Waals surface area (Å²) in [5.41, 5.74) is -0.317. The van der Waals surface area contributed by atoms with Crippen molar-refractivity contribution >= 4 is 5.82 Å². The zero-order chi connectivity index (χ0) is 14.3. The number of nitrogens with zero attached hydrogens (tertiary/aromatic N) is 2. The fourth-order valence-corrected chi connectivity index (χ4v) is 1.86. The molecular weight excluding hydrogens is 242 g/mol. The van der Waals surface area contributed by atoms with Crippen LogP contribution in [-0.2, 0) is 5.54 Å². The summed E-state index contributed by atoms with van der Waals surface area (Å²) in [6.45, 7) is 6.97. The Morgan fingerprint density at radius 1 is 1.26 bits per heavy atom. The van der Waals surface area contributed by atoms with Crippen molar-refractivity contribution in [2.24, 2.45) is 0 Å². The van der Waals surface area contributed by atoms with E-state index in [4.69, 9.17) is 5.11 Å². The molecule has 0 aliphatic carbocycles. The molecule has 108 valence electrons. The number of hydrogen-bond acceptors (Lipinski definition) is 4. The number of unbranched alkanes of at least 4 members (excludes halogenated alkanes) is 3. The summed E-state index contributed by atoms with van der Waals surface area (Å²) in [4.78, 5) is 16.3. The van der Waals surface area contributed by atoms with Gasteiger partial charge in [0.2, 0.25) is 0 Å². The van der Waals surface area contributed by atoms with Gasteiger partial charge in [0.1, 0.15) is 0 Å². The molecule has 0 unspecified atom stereocenters. The predicted molar refractivity (Wildman–Crippen MR) is 77.5 cm³/mol. The van der Waals surface area contributed by atoms with Gasteiger partial charge in [0.05, 0.1) is 0 Å². The predicted octanol–water partition coefficient (Wildman–Crippen LogP) is 1.96. The molecule has 0 amide bonds. The van der Waals surface area contributed by atoms with Gasteiger partial charge < -0.3 is 15.0 Å². The Hall–Kier alpha value is -1.36. The third-order valence-electron chi connectivity index (χ3n) is 2.94. The number of nitrogens with one attached hydrogen (secondary N) is 1. The molecule has 0 saturated heterocycles. The highest BCUT2D eigenvalue weighted by Crippen LogP contribution is 2.10. The van der Waals surface area contributed by atoms with Crippen LogP contribution in [0.5, 0.6) is 0 Å². The van der Waals surface area contributed by atoms with Gasteiger partial charge in [0, 0.05) is 31.1 Å². The lowest BCUT2D eigenvalue weighted by Crippen LogP contribution is -2.35. The van der Waals surface area contributed by atoms with Crippen molar-refractivity contribution in [2.75, 3.05) is 18.5 Å². The fourth-order valence-electron chi connectivity index (χ4n) is 1.86. The molecule has 0 aliphatic rings.